The van der Waals surface area contributed by atoms with Crippen LogP contribution in [0.3, 0.4) is 0 Å². The lowest BCUT2D eigenvalue weighted by Crippen LogP contribution is -2.42. The molecule has 0 heterocycles. The molecule has 2 N–H and O–H groups in total. The van der Waals surface area contributed by atoms with E-state index >= 15 is 0 Å². The van der Waals surface area contributed by atoms with Crippen LogP contribution in [0.2, 0.25) is 0 Å². The number of carbonyl (C=O) groups excluding carboxylic acids is 1. The molecule has 0 bridgehead atoms. The number of methoxy groups -OCH3 is 1. The van der Waals surface area contributed by atoms with Gasteiger partial charge in [0.05, 0.1) is 12.9 Å². The Hall–Kier alpha value is -1.15. The first-order valence-corrected chi connectivity index (χ1v) is 7.62. The molecule has 0 unspecified atom stereocenters. The molecule has 0 amide bonds. The van der Waals surface area contributed by atoms with Crippen molar-refractivity contribution in [2.45, 2.75) is 39.2 Å². The fourth-order valence-electron chi connectivity index (χ4n) is 1.46. The van der Waals surface area contributed by atoms with Crippen molar-refractivity contribution in [2.24, 2.45) is 5.92 Å². The van der Waals surface area contributed by atoms with E-state index in [4.69, 9.17) is 5.11 Å². The molecule has 0 aliphatic rings. The summed E-state index contributed by atoms with van der Waals surface area (Å²) in [5.41, 5.74) is 0. The number of rotatable bonds is 9. The van der Waals surface area contributed by atoms with Gasteiger partial charge in [0, 0.05) is 6.42 Å². The van der Waals surface area contributed by atoms with Crippen LogP contribution in [0.25, 0.3) is 0 Å². The quantitative estimate of drug-likeness (QED) is 0.594. The summed E-state index contributed by atoms with van der Waals surface area (Å²) in [5.74, 6) is -1.94. The number of sulfonamides is 1. The van der Waals surface area contributed by atoms with E-state index in [2.05, 4.69) is 9.46 Å². The number of carbonyl (C=O) groups is 2. The van der Waals surface area contributed by atoms with Crippen LogP contribution in [-0.2, 0) is 24.3 Å². The molecule has 0 aromatic carbocycles. The van der Waals surface area contributed by atoms with Gasteiger partial charge in [-0.1, -0.05) is 13.8 Å². The maximum Gasteiger partial charge on any atom is 0.321 e. The Kier molecular flexibility index (Phi) is 7.62. The lowest BCUT2D eigenvalue weighted by Gasteiger charge is -2.16. The second kappa shape index (κ2) is 8.11. The van der Waals surface area contributed by atoms with Crippen molar-refractivity contribution in [2.75, 3.05) is 12.9 Å². The molecule has 19 heavy (non-hydrogen) atoms. The average Bonchev–Trinajstić information content (AvgIpc) is 2.26. The molecule has 0 radical (unpaired) electrons. The second-order valence-electron chi connectivity index (χ2n) is 4.64. The van der Waals surface area contributed by atoms with Crippen molar-refractivity contribution in [3.8, 4) is 0 Å². The van der Waals surface area contributed by atoms with Gasteiger partial charge in [-0.05, 0) is 18.8 Å². The van der Waals surface area contributed by atoms with Crippen LogP contribution in [0, 0.1) is 5.92 Å². The second-order valence-corrected chi connectivity index (χ2v) is 6.51. The van der Waals surface area contributed by atoms with Crippen LogP contribution in [0.1, 0.15) is 33.1 Å². The van der Waals surface area contributed by atoms with Crippen LogP contribution in [0.15, 0.2) is 0 Å². The molecule has 7 nitrogen and oxygen atoms in total. The van der Waals surface area contributed by atoms with E-state index < -0.39 is 28.0 Å². The monoisotopic (exact) mass is 295 g/mol. The molecule has 0 aromatic heterocycles. The molecule has 0 aliphatic carbocycles. The van der Waals surface area contributed by atoms with Gasteiger partial charge in [-0.2, -0.15) is 0 Å². The fourth-order valence-corrected chi connectivity index (χ4v) is 2.73. The van der Waals surface area contributed by atoms with Crippen LogP contribution in [-0.4, -0.2) is 44.4 Å². The SMILES string of the molecule is COC(=O)CCCS(=O)(=O)N[C@H](CC(C)C)C(=O)O. The van der Waals surface area contributed by atoms with Crippen molar-refractivity contribution in [3.05, 3.63) is 0 Å². The highest BCUT2D eigenvalue weighted by Crippen LogP contribution is 2.07. The van der Waals surface area contributed by atoms with Gasteiger partial charge in [0.25, 0.3) is 0 Å². The molecule has 0 aliphatic heterocycles. The highest BCUT2D eigenvalue weighted by Gasteiger charge is 2.24. The number of esters is 1. The van der Waals surface area contributed by atoms with Gasteiger partial charge in [0.15, 0.2) is 0 Å². The normalized spacial score (nSPS) is 13.3. The predicted octanol–water partition coefficient (Wildman–Crippen LogP) is 0.358. The maximum atomic E-state index is 11.7. The zero-order chi connectivity index (χ0) is 15.1. The van der Waals surface area contributed by atoms with Gasteiger partial charge >= 0.3 is 11.9 Å². The van der Waals surface area contributed by atoms with Gasteiger partial charge in [0.1, 0.15) is 6.04 Å². The molecule has 0 fully saturated rings. The molecular weight excluding hydrogens is 274 g/mol. The zero-order valence-corrected chi connectivity index (χ0v) is 12.2. The van der Waals surface area contributed by atoms with E-state index in [-0.39, 0.29) is 30.9 Å². The van der Waals surface area contributed by atoms with Gasteiger partial charge in [0.2, 0.25) is 10.0 Å². The molecular formula is C11H21NO6S. The Morgan fingerprint density at radius 3 is 2.32 bits per heavy atom. The van der Waals surface area contributed by atoms with E-state index in [1.165, 1.54) is 7.11 Å². The third-order valence-corrected chi connectivity index (χ3v) is 3.82. The summed E-state index contributed by atoms with van der Waals surface area (Å²) in [6, 6.07) is -1.14. The summed E-state index contributed by atoms with van der Waals surface area (Å²) in [6.45, 7) is 3.61. The van der Waals surface area contributed by atoms with Crippen LogP contribution < -0.4 is 4.72 Å². The number of nitrogens with one attached hydrogen (secondary N) is 1. The minimum atomic E-state index is -3.71. The van der Waals surface area contributed by atoms with Crippen molar-refractivity contribution in [1.29, 1.82) is 0 Å². The number of hydrogen-bond donors (Lipinski definition) is 2. The zero-order valence-electron chi connectivity index (χ0n) is 11.4. The van der Waals surface area contributed by atoms with Crippen molar-refractivity contribution in [3.63, 3.8) is 0 Å². The smallest absolute Gasteiger partial charge is 0.321 e. The first-order chi connectivity index (χ1) is 8.68. The Balaban J connectivity index is 4.39. The van der Waals surface area contributed by atoms with Crippen molar-refractivity contribution < 1.29 is 27.9 Å². The number of ether oxygens (including phenoxy) is 1. The predicted molar refractivity (Wildman–Crippen MR) is 69.1 cm³/mol. The lowest BCUT2D eigenvalue weighted by atomic mass is 10.1. The van der Waals surface area contributed by atoms with Crippen LogP contribution in [0.5, 0.6) is 0 Å². The third-order valence-electron chi connectivity index (χ3n) is 2.35. The Bertz CT molecular complexity index is 403. The maximum absolute atomic E-state index is 11.7. The summed E-state index contributed by atoms with van der Waals surface area (Å²) >= 11 is 0. The van der Waals surface area contributed by atoms with Crippen LogP contribution >= 0.6 is 0 Å². The van der Waals surface area contributed by atoms with Crippen molar-refractivity contribution in [1.82, 2.24) is 4.72 Å². The topological polar surface area (TPSA) is 110 Å². The lowest BCUT2D eigenvalue weighted by molar-refractivity contribution is -0.141. The van der Waals surface area contributed by atoms with E-state index in [9.17, 15) is 18.0 Å². The van der Waals surface area contributed by atoms with Gasteiger partial charge in [-0.15, -0.1) is 0 Å². The molecule has 1 atom stereocenters. The Labute approximate surface area is 113 Å². The summed E-state index contributed by atoms with van der Waals surface area (Å²) in [7, 11) is -2.49. The standard InChI is InChI=1S/C11H21NO6S/c1-8(2)7-9(11(14)15)12-19(16,17)6-4-5-10(13)18-3/h8-9,12H,4-7H2,1-3H3,(H,14,15)/t9-/m1/s1. The van der Waals surface area contributed by atoms with Crippen molar-refractivity contribution >= 4 is 22.0 Å². The highest BCUT2D eigenvalue weighted by atomic mass is 32.2. The number of aliphatic carboxylic acids is 1. The average molecular weight is 295 g/mol. The van der Waals surface area contributed by atoms with Gasteiger partial charge in [-0.25, -0.2) is 13.1 Å². The summed E-state index contributed by atoms with van der Waals surface area (Å²) in [5, 5.41) is 8.94. The highest BCUT2D eigenvalue weighted by molar-refractivity contribution is 7.89. The number of hydrogen-bond acceptors (Lipinski definition) is 5. The molecule has 0 spiro atoms. The summed E-state index contributed by atoms with van der Waals surface area (Å²) < 4.78 is 29.9. The summed E-state index contributed by atoms with van der Waals surface area (Å²) in [6.07, 6.45) is 0.293. The summed E-state index contributed by atoms with van der Waals surface area (Å²) in [4.78, 5) is 21.8. The molecule has 112 valence electrons. The molecule has 0 saturated carbocycles. The van der Waals surface area contributed by atoms with Gasteiger partial charge < -0.3 is 9.84 Å². The Morgan fingerprint density at radius 2 is 1.89 bits per heavy atom. The number of carboxylic acids is 1. The fraction of sp³-hybridized carbons (Fsp3) is 0.818. The minimum Gasteiger partial charge on any atom is -0.480 e. The molecule has 0 saturated heterocycles. The van der Waals surface area contributed by atoms with Gasteiger partial charge in [-0.3, -0.25) is 9.59 Å². The molecule has 0 aromatic rings. The minimum absolute atomic E-state index is 0.0146. The first kappa shape index (κ1) is 17.8. The van der Waals surface area contributed by atoms with E-state index in [1.54, 1.807) is 0 Å². The van der Waals surface area contributed by atoms with E-state index in [0.29, 0.717) is 0 Å². The van der Waals surface area contributed by atoms with E-state index in [0.717, 1.165) is 0 Å². The molecule has 8 heteroatoms. The number of carboxylic acid groups (broad SMARTS) is 1. The van der Waals surface area contributed by atoms with Crippen LogP contribution in [0.4, 0.5) is 0 Å². The van der Waals surface area contributed by atoms with E-state index in [1.807, 2.05) is 13.8 Å². The largest absolute Gasteiger partial charge is 0.480 e. The first-order valence-electron chi connectivity index (χ1n) is 5.97. The third kappa shape index (κ3) is 8.55. The molecule has 0 rings (SSSR count). The Morgan fingerprint density at radius 1 is 1.32 bits per heavy atom.